The van der Waals surface area contributed by atoms with E-state index in [0.29, 0.717) is 19.0 Å². The lowest BCUT2D eigenvalue weighted by molar-refractivity contribution is 0.0745. The summed E-state index contributed by atoms with van der Waals surface area (Å²) in [6.07, 6.45) is -0.773. The number of methoxy groups -OCH3 is 1. The van der Waals surface area contributed by atoms with Crippen LogP contribution in [0.15, 0.2) is 48.5 Å². The van der Waals surface area contributed by atoms with Crippen LogP contribution in [0, 0.1) is 0 Å². The molecule has 2 atom stereocenters. The van der Waals surface area contributed by atoms with Gasteiger partial charge in [0.15, 0.2) is 0 Å². The van der Waals surface area contributed by atoms with Crippen LogP contribution in [-0.4, -0.2) is 50.1 Å². The average molecular weight is 535 g/mol. The molecule has 0 aliphatic heterocycles. The van der Waals surface area contributed by atoms with Crippen molar-refractivity contribution in [2.24, 2.45) is 0 Å². The van der Waals surface area contributed by atoms with E-state index < -0.39 is 6.10 Å². The highest BCUT2D eigenvalue weighted by atomic mass is 127. The molecule has 0 aliphatic carbocycles. The van der Waals surface area contributed by atoms with Crippen molar-refractivity contribution in [3.05, 3.63) is 59.7 Å². The summed E-state index contributed by atoms with van der Waals surface area (Å²) in [5.74, 6) is 1.66. The van der Waals surface area contributed by atoms with E-state index in [4.69, 9.17) is 28.9 Å². The largest absolute Gasteiger partial charge is 0.491 e. The van der Waals surface area contributed by atoms with E-state index in [1.54, 1.807) is 7.11 Å². The summed E-state index contributed by atoms with van der Waals surface area (Å²) in [6, 6.07) is 16.0. The smallest absolute Gasteiger partial charge is 0.127 e. The molecule has 0 radical (unpaired) electrons. The summed E-state index contributed by atoms with van der Waals surface area (Å²) < 4.78 is 21.7. The minimum Gasteiger partial charge on any atom is -0.491 e. The van der Waals surface area contributed by atoms with Crippen LogP contribution in [0.4, 0.5) is 0 Å². The molecule has 0 aromatic heterocycles. The fourth-order valence-electron chi connectivity index (χ4n) is 2.81. The van der Waals surface area contributed by atoms with Gasteiger partial charge in [-0.05, 0) is 35.4 Å². The Balaban J connectivity index is 2.01. The van der Waals surface area contributed by atoms with Gasteiger partial charge in [0.05, 0.1) is 12.5 Å². The first-order valence-corrected chi connectivity index (χ1v) is 10.8. The van der Waals surface area contributed by atoms with Crippen molar-refractivity contribution in [2.75, 3.05) is 32.8 Å². The Morgan fingerprint density at radius 2 is 1.38 bits per heavy atom. The van der Waals surface area contributed by atoms with Crippen molar-refractivity contribution in [3.8, 4) is 11.5 Å². The Labute approximate surface area is 192 Å². The number of aliphatic hydroxyl groups is 1. The molecule has 0 saturated carbocycles. The maximum Gasteiger partial charge on any atom is 0.127 e. The Kier molecular flexibility index (Phi) is 9.98. The monoisotopic (exact) mass is 534 g/mol. The molecule has 1 N–H and O–H groups in total. The summed E-state index contributed by atoms with van der Waals surface area (Å²) in [4.78, 5) is 0. The maximum absolute atomic E-state index is 9.50. The van der Waals surface area contributed by atoms with Crippen LogP contribution in [0.5, 0.6) is 11.5 Å². The molecule has 2 aromatic rings. The third-order valence-corrected chi connectivity index (χ3v) is 5.76. The second kappa shape index (κ2) is 12.0. The highest BCUT2D eigenvalue weighted by Gasteiger charge is 2.23. The molecule has 2 aromatic carbocycles. The van der Waals surface area contributed by atoms with Gasteiger partial charge in [0.2, 0.25) is 0 Å². The first kappa shape index (κ1) is 24.2. The maximum atomic E-state index is 9.50. The molecule has 2 rings (SSSR count). The number of rotatable bonds is 12. The van der Waals surface area contributed by atoms with Gasteiger partial charge in [-0.3, -0.25) is 0 Å². The Hall–Kier alpha value is -1.06. The van der Waals surface area contributed by atoms with Crippen molar-refractivity contribution < 1.29 is 22.4 Å². The zero-order valence-electron chi connectivity index (χ0n) is 16.9. The summed E-state index contributed by atoms with van der Waals surface area (Å²) >= 11 is 7.45. The van der Waals surface area contributed by atoms with E-state index in [-0.39, 0.29) is 24.0 Å². The first-order chi connectivity index (χ1) is 13.9. The van der Waals surface area contributed by atoms with Gasteiger partial charge in [-0.2, -0.15) is 0 Å². The zero-order valence-corrected chi connectivity index (χ0v) is 19.9. The molecule has 0 bridgehead atoms. The van der Waals surface area contributed by atoms with Gasteiger partial charge >= 0.3 is 0 Å². The number of aliphatic hydroxyl groups excluding tert-OH is 1. The molecule has 0 fully saturated rings. The van der Waals surface area contributed by atoms with E-state index >= 15 is 0 Å². The summed E-state index contributed by atoms with van der Waals surface area (Å²) in [5, 5.41) is 9.50. The SMILES string of the molecule is COC[C@@H](COc1ccc(C(C)(C)c2ccc(OC[C@@H](O)CCl)cc2)cc1)OI. The first-order valence-electron chi connectivity index (χ1n) is 9.37. The lowest BCUT2D eigenvalue weighted by Gasteiger charge is -2.26. The lowest BCUT2D eigenvalue weighted by atomic mass is 9.78. The van der Waals surface area contributed by atoms with Gasteiger partial charge in [-0.1, -0.05) is 38.1 Å². The lowest BCUT2D eigenvalue weighted by Crippen LogP contribution is -2.23. The molecule has 0 amide bonds. The van der Waals surface area contributed by atoms with Crippen molar-refractivity contribution in [1.29, 1.82) is 0 Å². The number of halogens is 2. The van der Waals surface area contributed by atoms with Gasteiger partial charge in [0.25, 0.3) is 0 Å². The van der Waals surface area contributed by atoms with Crippen LogP contribution in [0.2, 0.25) is 0 Å². The van der Waals surface area contributed by atoms with Crippen LogP contribution < -0.4 is 9.47 Å². The molecule has 0 heterocycles. The van der Waals surface area contributed by atoms with Crippen LogP contribution in [0.1, 0.15) is 25.0 Å². The molecular formula is C22H28ClIO5. The molecule has 5 nitrogen and oxygen atoms in total. The molecule has 160 valence electrons. The molecule has 0 saturated heterocycles. The van der Waals surface area contributed by atoms with E-state index in [1.807, 2.05) is 59.4 Å². The fraction of sp³-hybridized carbons (Fsp3) is 0.455. The zero-order chi connectivity index (χ0) is 21.3. The van der Waals surface area contributed by atoms with Crippen LogP contribution >= 0.6 is 34.6 Å². The Morgan fingerprint density at radius 1 is 0.897 bits per heavy atom. The second-order valence-corrected chi connectivity index (χ2v) is 8.09. The van der Waals surface area contributed by atoms with E-state index in [9.17, 15) is 5.11 Å². The molecule has 0 spiro atoms. The minimum absolute atomic E-state index is 0.108. The Bertz CT molecular complexity index is 721. The van der Waals surface area contributed by atoms with Crippen molar-refractivity contribution in [2.45, 2.75) is 31.5 Å². The van der Waals surface area contributed by atoms with Gasteiger partial charge in [-0.15, -0.1) is 11.6 Å². The standard InChI is InChI=1S/C22H28ClIO5/c1-22(2,16-4-8-19(9-5-16)27-13-18(25)12-23)17-6-10-20(11-7-17)28-15-21(29-24)14-26-3/h4-11,18,21,25H,12-15H2,1-3H3/t18-,21-/m0/s1. The van der Waals surface area contributed by atoms with Gasteiger partial charge in [0.1, 0.15) is 59.9 Å². The molecule has 29 heavy (non-hydrogen) atoms. The Morgan fingerprint density at radius 3 is 1.79 bits per heavy atom. The van der Waals surface area contributed by atoms with Gasteiger partial charge in [0, 0.05) is 12.5 Å². The molecule has 7 heteroatoms. The quantitative estimate of drug-likeness (QED) is 0.315. The van der Waals surface area contributed by atoms with Gasteiger partial charge in [-0.25, -0.2) is 0 Å². The van der Waals surface area contributed by atoms with Crippen LogP contribution in [-0.2, 0) is 13.2 Å². The fourth-order valence-corrected chi connectivity index (χ4v) is 3.20. The summed E-state index contributed by atoms with van der Waals surface area (Å²) in [7, 11) is 1.64. The highest BCUT2D eigenvalue weighted by molar-refractivity contribution is 14.1. The van der Waals surface area contributed by atoms with E-state index in [2.05, 4.69) is 26.0 Å². The second-order valence-electron chi connectivity index (χ2n) is 7.27. The predicted molar refractivity (Wildman–Crippen MR) is 123 cm³/mol. The normalized spacial score (nSPS) is 13.7. The van der Waals surface area contributed by atoms with Gasteiger partial charge < -0.3 is 22.4 Å². The molecule has 0 unspecified atom stereocenters. The van der Waals surface area contributed by atoms with E-state index in [1.165, 1.54) is 5.56 Å². The van der Waals surface area contributed by atoms with Crippen molar-refractivity contribution >= 4 is 34.6 Å². The summed E-state index contributed by atoms with van der Waals surface area (Å²) in [5.41, 5.74) is 2.15. The van der Waals surface area contributed by atoms with Crippen molar-refractivity contribution in [3.63, 3.8) is 0 Å². The molecule has 0 aliphatic rings. The number of hydrogen-bond donors (Lipinski definition) is 1. The number of ether oxygens (including phenoxy) is 3. The summed E-state index contributed by atoms with van der Waals surface area (Å²) in [6.45, 7) is 5.45. The van der Waals surface area contributed by atoms with E-state index in [0.717, 1.165) is 11.3 Å². The number of benzene rings is 2. The predicted octanol–water partition coefficient (Wildman–Crippen LogP) is 4.75. The highest BCUT2D eigenvalue weighted by Crippen LogP contribution is 2.33. The van der Waals surface area contributed by atoms with Crippen LogP contribution in [0.3, 0.4) is 0 Å². The number of alkyl halides is 1. The topological polar surface area (TPSA) is 57.2 Å². The number of hydrogen-bond acceptors (Lipinski definition) is 5. The third-order valence-electron chi connectivity index (χ3n) is 4.69. The third kappa shape index (κ3) is 7.29. The molecular weight excluding hydrogens is 507 g/mol. The van der Waals surface area contributed by atoms with Crippen LogP contribution in [0.25, 0.3) is 0 Å². The average Bonchev–Trinajstić information content (AvgIpc) is 2.75. The minimum atomic E-state index is -0.665. The van der Waals surface area contributed by atoms with Crippen molar-refractivity contribution in [1.82, 2.24) is 0 Å².